The largest absolute Gasteiger partial charge is 0.438 e. The summed E-state index contributed by atoms with van der Waals surface area (Å²) in [7, 11) is -3.12. The van der Waals surface area contributed by atoms with Gasteiger partial charge in [0.2, 0.25) is 5.88 Å². The van der Waals surface area contributed by atoms with E-state index in [1.165, 1.54) is 31.3 Å². The molecule has 0 saturated carbocycles. The number of carbonyl (C=O) groups excluding carboxylic acids is 1. The summed E-state index contributed by atoms with van der Waals surface area (Å²) in [5.74, 6) is -1.15. The van der Waals surface area contributed by atoms with Crippen LogP contribution in [0.3, 0.4) is 0 Å². The van der Waals surface area contributed by atoms with Gasteiger partial charge < -0.3 is 10.5 Å². The number of sulfonamides is 1. The van der Waals surface area contributed by atoms with Crippen molar-refractivity contribution in [2.24, 2.45) is 7.05 Å². The first-order valence-corrected chi connectivity index (χ1v) is 12.8. The van der Waals surface area contributed by atoms with E-state index in [0.29, 0.717) is 16.9 Å². The third kappa shape index (κ3) is 5.85. The highest BCUT2D eigenvalue weighted by atomic mass is 32.2. The van der Waals surface area contributed by atoms with Crippen molar-refractivity contribution in [1.29, 1.82) is 0 Å². The average Bonchev–Trinajstić information content (AvgIpc) is 3.23. The molecule has 0 aliphatic heterocycles. The number of amides is 1. The Bertz CT molecular complexity index is 1690. The number of anilines is 1. The first-order chi connectivity index (χ1) is 18.2. The molecule has 0 atom stereocenters. The number of nitrogens with two attached hydrogens (primary N) is 1. The quantitative estimate of drug-likeness (QED) is 0.340. The Morgan fingerprint density at radius 2 is 1.72 bits per heavy atom. The van der Waals surface area contributed by atoms with Crippen molar-refractivity contribution < 1.29 is 34.0 Å². The first kappa shape index (κ1) is 27.6. The second-order valence-corrected chi connectivity index (χ2v) is 10.4. The van der Waals surface area contributed by atoms with E-state index in [2.05, 4.69) is 15.1 Å². The summed E-state index contributed by atoms with van der Waals surface area (Å²) in [5, 5.41) is 3.01. The number of halogens is 3. The first-order valence-electron chi connectivity index (χ1n) is 11.3. The molecule has 0 spiro atoms. The van der Waals surface area contributed by atoms with Gasteiger partial charge in [0, 0.05) is 9.90 Å². The molecule has 3 heterocycles. The van der Waals surface area contributed by atoms with Crippen LogP contribution in [0.4, 0.5) is 19.0 Å². The lowest BCUT2D eigenvalue weighted by Crippen LogP contribution is -2.31. The van der Waals surface area contributed by atoms with Gasteiger partial charge in [0.05, 0.1) is 11.4 Å². The minimum absolute atomic E-state index is 0. The molecule has 3 aromatic heterocycles. The van der Waals surface area contributed by atoms with Crippen LogP contribution in [0.15, 0.2) is 53.6 Å². The maximum Gasteiger partial charge on any atom is 0.435 e. The highest BCUT2D eigenvalue weighted by molar-refractivity contribution is 7.90. The molecule has 0 radical (unpaired) electrons. The van der Waals surface area contributed by atoms with E-state index in [0.717, 1.165) is 22.4 Å². The second kappa shape index (κ2) is 10.0. The fraction of sp³-hybridized carbons (Fsp3) is 0.200. The number of aromatic nitrogens is 4. The van der Waals surface area contributed by atoms with Crippen LogP contribution in [0.2, 0.25) is 0 Å². The van der Waals surface area contributed by atoms with E-state index in [-0.39, 0.29) is 31.5 Å². The molecule has 0 aliphatic carbocycles. The zero-order valence-electron chi connectivity index (χ0n) is 21.2. The van der Waals surface area contributed by atoms with Crippen LogP contribution in [0.1, 0.15) is 35.6 Å². The minimum atomic E-state index is -4.69. The topological polar surface area (TPSA) is 142 Å². The van der Waals surface area contributed by atoms with Crippen molar-refractivity contribution >= 4 is 21.7 Å². The zero-order chi connectivity index (χ0) is 28.7. The van der Waals surface area contributed by atoms with E-state index in [4.69, 9.17) is 10.5 Å². The summed E-state index contributed by atoms with van der Waals surface area (Å²) >= 11 is 0. The van der Waals surface area contributed by atoms with Gasteiger partial charge >= 0.3 is 6.18 Å². The van der Waals surface area contributed by atoms with Gasteiger partial charge in [0.25, 0.3) is 15.9 Å². The van der Waals surface area contributed by atoms with Crippen LogP contribution in [0.25, 0.3) is 11.4 Å². The van der Waals surface area contributed by atoms with Crippen LogP contribution in [0.5, 0.6) is 11.6 Å². The van der Waals surface area contributed by atoms with E-state index < -0.39 is 32.8 Å². The third-order valence-electron chi connectivity index (χ3n) is 5.59. The monoisotopic (exact) mass is 564 g/mol. The highest BCUT2D eigenvalue weighted by Gasteiger charge is 2.35. The predicted octanol–water partition coefficient (Wildman–Crippen LogP) is 4.81. The second-order valence-electron chi connectivity index (χ2n) is 8.75. The number of rotatable bonds is 6. The molecule has 0 saturated heterocycles. The molecule has 0 bridgehead atoms. The number of ether oxygens (including phenoxy) is 1. The predicted molar refractivity (Wildman–Crippen MR) is 140 cm³/mol. The SMILES string of the molecule is Cc1cc(C)c(Oc2nc(-c3cc(C(F)(F)F)nn3C)ccc2C(=O)NS(=O)(=O)c2cccc(N)n2)c(C)c1.[HH].[HH]. The van der Waals surface area contributed by atoms with Gasteiger partial charge in [-0.2, -0.15) is 26.7 Å². The van der Waals surface area contributed by atoms with Crippen LogP contribution in [-0.4, -0.2) is 34.1 Å². The number of pyridine rings is 2. The smallest absolute Gasteiger partial charge is 0.435 e. The number of benzene rings is 1. The van der Waals surface area contributed by atoms with Gasteiger partial charge in [-0.15, -0.1) is 0 Å². The molecule has 208 valence electrons. The van der Waals surface area contributed by atoms with Gasteiger partial charge in [0.1, 0.15) is 17.1 Å². The lowest BCUT2D eigenvalue weighted by Gasteiger charge is -2.16. The Labute approximate surface area is 224 Å². The number of alkyl halides is 3. The molecule has 14 heteroatoms. The zero-order valence-corrected chi connectivity index (χ0v) is 22.0. The average molecular weight is 565 g/mol. The molecule has 4 rings (SSSR count). The van der Waals surface area contributed by atoms with Crippen LogP contribution < -0.4 is 15.2 Å². The van der Waals surface area contributed by atoms with Gasteiger partial charge in [-0.3, -0.25) is 9.48 Å². The third-order valence-corrected chi connectivity index (χ3v) is 6.82. The molecule has 10 nitrogen and oxygen atoms in total. The van der Waals surface area contributed by atoms with Crippen LogP contribution in [-0.2, 0) is 23.2 Å². The fourth-order valence-electron chi connectivity index (χ4n) is 3.91. The standard InChI is InChI=1S/C25H23F3N6O4S.2H2/c1-13-10-14(2)22(15(3)11-13)38-24-16(23(35)33-39(36,37)21-7-5-6-20(29)31-21)8-9-17(30-24)18-12-19(25(26,27)28)32-34(18)4;;/h5-12H,1-4H3,(H2,29,31)(H,33,35);2*1H. The Hall–Kier alpha value is -4.46. The number of nitrogens with zero attached hydrogens (tertiary/aromatic N) is 4. The molecule has 0 aliphatic rings. The number of hydrogen-bond donors (Lipinski definition) is 2. The summed E-state index contributed by atoms with van der Waals surface area (Å²) in [6.45, 7) is 5.43. The van der Waals surface area contributed by atoms with Crippen LogP contribution in [0, 0.1) is 20.8 Å². The van der Waals surface area contributed by atoms with Crippen molar-refractivity contribution in [3.63, 3.8) is 0 Å². The molecule has 1 aromatic carbocycles. The van der Waals surface area contributed by atoms with Crippen LogP contribution >= 0.6 is 0 Å². The fourth-order valence-corrected chi connectivity index (χ4v) is 4.86. The molecular weight excluding hydrogens is 537 g/mol. The normalized spacial score (nSPS) is 11.9. The lowest BCUT2D eigenvalue weighted by molar-refractivity contribution is -0.141. The minimum Gasteiger partial charge on any atom is -0.438 e. The van der Waals surface area contributed by atoms with Crippen molar-refractivity contribution in [3.8, 4) is 23.0 Å². The maximum atomic E-state index is 13.2. The number of hydrogen-bond acceptors (Lipinski definition) is 8. The van der Waals surface area contributed by atoms with Gasteiger partial charge in [-0.05, 0) is 62.2 Å². The van der Waals surface area contributed by atoms with Gasteiger partial charge in [-0.25, -0.2) is 14.7 Å². The highest BCUT2D eigenvalue weighted by Crippen LogP contribution is 2.34. The van der Waals surface area contributed by atoms with Crippen molar-refractivity contribution in [1.82, 2.24) is 24.5 Å². The van der Waals surface area contributed by atoms with E-state index in [1.54, 1.807) is 13.8 Å². The molecule has 3 N–H and O–H groups in total. The Balaban J connectivity index is 0.00000294. The number of aryl methyl sites for hydroxylation is 4. The Kier molecular flexibility index (Phi) is 7.08. The van der Waals surface area contributed by atoms with E-state index >= 15 is 0 Å². The Morgan fingerprint density at radius 3 is 2.31 bits per heavy atom. The summed E-state index contributed by atoms with van der Waals surface area (Å²) in [5.41, 5.74) is 6.49. The summed E-state index contributed by atoms with van der Waals surface area (Å²) < 4.78 is 74.2. The summed E-state index contributed by atoms with van der Waals surface area (Å²) in [6.07, 6.45) is -4.69. The molecular formula is C25H27F3N6O4S. The molecule has 39 heavy (non-hydrogen) atoms. The number of carbonyl (C=O) groups is 1. The molecule has 0 fully saturated rings. The molecule has 4 aromatic rings. The van der Waals surface area contributed by atoms with Gasteiger partial charge in [0.15, 0.2) is 10.7 Å². The van der Waals surface area contributed by atoms with Crippen molar-refractivity contribution in [2.75, 3.05) is 5.73 Å². The summed E-state index contributed by atoms with van der Waals surface area (Å²) in [6, 6.07) is 10.8. The van der Waals surface area contributed by atoms with E-state index in [9.17, 15) is 26.4 Å². The van der Waals surface area contributed by atoms with E-state index in [1.807, 2.05) is 23.8 Å². The van der Waals surface area contributed by atoms with Crippen molar-refractivity contribution in [3.05, 3.63) is 76.5 Å². The molecule has 0 unspecified atom stereocenters. The van der Waals surface area contributed by atoms with Crippen molar-refractivity contribution in [2.45, 2.75) is 32.0 Å². The number of nitrogen functional groups attached to an aromatic ring is 1. The summed E-state index contributed by atoms with van der Waals surface area (Å²) in [4.78, 5) is 21.2. The van der Waals surface area contributed by atoms with Gasteiger partial charge in [-0.1, -0.05) is 23.8 Å². The maximum absolute atomic E-state index is 13.2. The Morgan fingerprint density at radius 1 is 1.05 bits per heavy atom. The lowest BCUT2D eigenvalue weighted by atomic mass is 10.1. The number of nitrogens with one attached hydrogen (secondary N) is 1. The molecule has 1 amide bonds.